The highest BCUT2D eigenvalue weighted by molar-refractivity contribution is 5.83. The van der Waals surface area contributed by atoms with E-state index >= 15 is 0 Å². The van der Waals surface area contributed by atoms with Crippen LogP contribution in [0.3, 0.4) is 0 Å². The minimum atomic E-state index is 0.184. The molecule has 2 atom stereocenters. The van der Waals surface area contributed by atoms with Crippen molar-refractivity contribution in [2.45, 2.75) is 65.2 Å². The van der Waals surface area contributed by atoms with Crippen LogP contribution in [0.15, 0.2) is 25.3 Å². The zero-order chi connectivity index (χ0) is 13.8. The van der Waals surface area contributed by atoms with Crippen LogP contribution in [0, 0.1) is 11.8 Å². The van der Waals surface area contributed by atoms with Crippen LogP contribution in [0.5, 0.6) is 0 Å². The van der Waals surface area contributed by atoms with Gasteiger partial charge in [-0.05, 0) is 25.7 Å². The van der Waals surface area contributed by atoms with Crippen LogP contribution in [0.1, 0.15) is 65.2 Å². The normalized spacial score (nSPS) is 13.9. The fourth-order valence-electron chi connectivity index (χ4n) is 2.39. The van der Waals surface area contributed by atoms with E-state index in [1.165, 1.54) is 0 Å². The summed E-state index contributed by atoms with van der Waals surface area (Å²) in [6.07, 6.45) is 12.1. The molecule has 104 valence electrons. The van der Waals surface area contributed by atoms with Gasteiger partial charge in [-0.1, -0.05) is 51.7 Å². The zero-order valence-corrected chi connectivity index (χ0v) is 12.3. The van der Waals surface area contributed by atoms with Crippen LogP contribution in [-0.4, -0.2) is 5.78 Å². The Labute approximate surface area is 113 Å². The molecule has 1 heteroatoms. The summed E-state index contributed by atoms with van der Waals surface area (Å²) in [5.74, 6) is 0.810. The molecule has 0 aliphatic carbocycles. The monoisotopic (exact) mass is 250 g/mol. The lowest BCUT2D eigenvalue weighted by Crippen LogP contribution is -2.23. The molecule has 0 aliphatic rings. The molecular formula is C17H30O. The molecule has 0 aromatic carbocycles. The molecule has 1 nitrogen and oxygen atoms in total. The smallest absolute Gasteiger partial charge is 0.139 e. The van der Waals surface area contributed by atoms with Gasteiger partial charge < -0.3 is 0 Å². The van der Waals surface area contributed by atoms with Gasteiger partial charge in [-0.2, -0.15) is 0 Å². The molecule has 0 spiro atoms. The van der Waals surface area contributed by atoms with Crippen molar-refractivity contribution in [3.8, 4) is 0 Å². The first kappa shape index (κ1) is 17.2. The Morgan fingerprint density at radius 2 is 1.33 bits per heavy atom. The molecule has 18 heavy (non-hydrogen) atoms. The quantitative estimate of drug-likeness (QED) is 0.428. The number of carbonyl (C=O) groups is 1. The zero-order valence-electron chi connectivity index (χ0n) is 12.3. The molecule has 0 N–H and O–H groups in total. The first-order valence-electron chi connectivity index (χ1n) is 7.46. The Morgan fingerprint density at radius 1 is 0.944 bits per heavy atom. The molecule has 2 unspecified atom stereocenters. The van der Waals surface area contributed by atoms with Gasteiger partial charge in [0, 0.05) is 11.8 Å². The van der Waals surface area contributed by atoms with Crippen molar-refractivity contribution in [1.29, 1.82) is 0 Å². The van der Waals surface area contributed by atoms with E-state index in [0.29, 0.717) is 5.78 Å². The van der Waals surface area contributed by atoms with Crippen molar-refractivity contribution in [3.63, 3.8) is 0 Å². The van der Waals surface area contributed by atoms with Crippen molar-refractivity contribution < 1.29 is 4.79 Å². The predicted octanol–water partition coefficient (Wildman–Crippen LogP) is 5.32. The molecule has 0 aromatic rings. The van der Waals surface area contributed by atoms with Crippen LogP contribution in [0.4, 0.5) is 0 Å². The number of Topliss-reactive ketones (excluding diaryl/α,β-unsaturated/α-hetero) is 1. The van der Waals surface area contributed by atoms with E-state index in [9.17, 15) is 4.79 Å². The summed E-state index contributed by atoms with van der Waals surface area (Å²) in [7, 11) is 0. The van der Waals surface area contributed by atoms with E-state index in [4.69, 9.17) is 0 Å². The molecule has 0 aliphatic heterocycles. The van der Waals surface area contributed by atoms with Crippen molar-refractivity contribution >= 4 is 5.78 Å². The maximum absolute atomic E-state index is 12.5. The number of hydrogen-bond donors (Lipinski definition) is 0. The molecule has 0 fully saturated rings. The largest absolute Gasteiger partial charge is 0.299 e. The lowest BCUT2D eigenvalue weighted by molar-refractivity contribution is -0.127. The minimum Gasteiger partial charge on any atom is -0.299 e. The Kier molecular flexibility index (Phi) is 10.7. The summed E-state index contributed by atoms with van der Waals surface area (Å²) >= 11 is 0. The second kappa shape index (κ2) is 11.3. The number of hydrogen-bond acceptors (Lipinski definition) is 1. The van der Waals surface area contributed by atoms with Gasteiger partial charge in [0.25, 0.3) is 0 Å². The number of unbranched alkanes of at least 4 members (excludes halogenated alkanes) is 2. The first-order chi connectivity index (χ1) is 8.71. The third-order valence-electron chi connectivity index (χ3n) is 3.52. The SMILES string of the molecule is C=CCC(CCCC)C(=O)C(CC=C)CCCC. The summed E-state index contributed by atoms with van der Waals surface area (Å²) in [5, 5.41) is 0. The molecule has 0 saturated carbocycles. The first-order valence-corrected chi connectivity index (χ1v) is 7.46. The van der Waals surface area contributed by atoms with Gasteiger partial charge in [-0.25, -0.2) is 0 Å². The summed E-state index contributed by atoms with van der Waals surface area (Å²) in [6.45, 7) is 11.9. The van der Waals surface area contributed by atoms with Gasteiger partial charge >= 0.3 is 0 Å². The topological polar surface area (TPSA) is 17.1 Å². The maximum atomic E-state index is 12.5. The fourth-order valence-corrected chi connectivity index (χ4v) is 2.39. The average Bonchev–Trinajstić information content (AvgIpc) is 2.38. The highest BCUT2D eigenvalue weighted by Crippen LogP contribution is 2.24. The number of allylic oxidation sites excluding steroid dienone is 2. The van der Waals surface area contributed by atoms with E-state index in [-0.39, 0.29) is 11.8 Å². The van der Waals surface area contributed by atoms with Crippen LogP contribution in [0.25, 0.3) is 0 Å². The van der Waals surface area contributed by atoms with Crippen molar-refractivity contribution in [1.82, 2.24) is 0 Å². The second-order valence-corrected chi connectivity index (χ2v) is 5.13. The number of ketones is 1. The van der Waals surface area contributed by atoms with E-state index in [2.05, 4.69) is 27.0 Å². The fraction of sp³-hybridized carbons (Fsp3) is 0.706. The maximum Gasteiger partial charge on any atom is 0.139 e. The van der Waals surface area contributed by atoms with Gasteiger partial charge in [0.05, 0.1) is 0 Å². The van der Waals surface area contributed by atoms with E-state index in [1.807, 2.05) is 12.2 Å². The number of carbonyl (C=O) groups excluding carboxylic acids is 1. The molecule has 0 rings (SSSR count). The minimum absolute atomic E-state index is 0.184. The average molecular weight is 250 g/mol. The number of rotatable bonds is 12. The van der Waals surface area contributed by atoms with E-state index in [1.54, 1.807) is 0 Å². The summed E-state index contributed by atoms with van der Waals surface area (Å²) in [6, 6.07) is 0. The molecule has 0 aromatic heterocycles. The third kappa shape index (κ3) is 6.78. The van der Waals surface area contributed by atoms with Gasteiger partial charge in [0.1, 0.15) is 5.78 Å². The van der Waals surface area contributed by atoms with E-state index < -0.39 is 0 Å². The Bertz CT molecular complexity index is 218. The van der Waals surface area contributed by atoms with Crippen LogP contribution < -0.4 is 0 Å². The summed E-state index contributed by atoms with van der Waals surface area (Å²) in [5.41, 5.74) is 0. The van der Waals surface area contributed by atoms with Crippen LogP contribution >= 0.6 is 0 Å². The standard InChI is InChI=1S/C17H30O/c1-5-9-13-15(11-7-3)17(18)16(12-8-4)14-10-6-2/h7-8,15-16H,3-6,9-14H2,1-2H3. The van der Waals surface area contributed by atoms with Gasteiger partial charge in [0.2, 0.25) is 0 Å². The Hall–Kier alpha value is -0.850. The van der Waals surface area contributed by atoms with Crippen molar-refractivity contribution in [2.75, 3.05) is 0 Å². The highest BCUT2D eigenvalue weighted by atomic mass is 16.1. The molecular weight excluding hydrogens is 220 g/mol. The summed E-state index contributed by atoms with van der Waals surface area (Å²) in [4.78, 5) is 12.5. The predicted molar refractivity (Wildman–Crippen MR) is 80.7 cm³/mol. The van der Waals surface area contributed by atoms with Crippen molar-refractivity contribution in [3.05, 3.63) is 25.3 Å². The van der Waals surface area contributed by atoms with E-state index in [0.717, 1.165) is 51.4 Å². The Balaban J connectivity index is 4.52. The molecule has 0 saturated heterocycles. The molecule has 0 bridgehead atoms. The lowest BCUT2D eigenvalue weighted by atomic mass is 9.83. The highest BCUT2D eigenvalue weighted by Gasteiger charge is 2.24. The van der Waals surface area contributed by atoms with Gasteiger partial charge in [-0.15, -0.1) is 13.2 Å². The Morgan fingerprint density at radius 3 is 1.61 bits per heavy atom. The molecule has 0 amide bonds. The van der Waals surface area contributed by atoms with Crippen molar-refractivity contribution in [2.24, 2.45) is 11.8 Å². The molecule has 0 radical (unpaired) electrons. The lowest BCUT2D eigenvalue weighted by Gasteiger charge is -2.20. The molecule has 0 heterocycles. The van der Waals surface area contributed by atoms with Crippen LogP contribution in [-0.2, 0) is 4.79 Å². The van der Waals surface area contributed by atoms with Gasteiger partial charge in [-0.3, -0.25) is 4.79 Å². The summed E-state index contributed by atoms with van der Waals surface area (Å²) < 4.78 is 0. The second-order valence-electron chi connectivity index (χ2n) is 5.13. The van der Waals surface area contributed by atoms with Crippen LogP contribution in [0.2, 0.25) is 0 Å². The third-order valence-corrected chi connectivity index (χ3v) is 3.52. The van der Waals surface area contributed by atoms with Gasteiger partial charge in [0.15, 0.2) is 0 Å².